The number of ketones is 1. The lowest BCUT2D eigenvalue weighted by molar-refractivity contribution is -0.167. The second kappa shape index (κ2) is 5.07. The number of aliphatic hydroxyl groups excluding tert-OH is 1. The Bertz CT molecular complexity index is 310. The lowest BCUT2D eigenvalue weighted by Gasteiger charge is -2.30. The first-order valence-corrected chi connectivity index (χ1v) is 4.91. The molecule has 3 atom stereocenters. The standard InChI is InChI=1S/C10H14O6/c1-5(11)16-8-4-6(10(14)15-2)3-7(12)9(8)13/h6,8-9,13H,3-4H2,1-2H3/t6-,8-,9-/m1/s1. The van der Waals surface area contributed by atoms with Crippen molar-refractivity contribution in [3.8, 4) is 0 Å². The van der Waals surface area contributed by atoms with E-state index in [0.717, 1.165) is 0 Å². The van der Waals surface area contributed by atoms with Crippen molar-refractivity contribution in [2.75, 3.05) is 7.11 Å². The van der Waals surface area contributed by atoms with Crippen molar-refractivity contribution in [1.82, 2.24) is 0 Å². The van der Waals surface area contributed by atoms with E-state index in [1.165, 1.54) is 14.0 Å². The van der Waals surface area contributed by atoms with Gasteiger partial charge in [0.15, 0.2) is 5.78 Å². The molecule has 0 heterocycles. The van der Waals surface area contributed by atoms with Crippen LogP contribution in [0.1, 0.15) is 19.8 Å². The van der Waals surface area contributed by atoms with Gasteiger partial charge in [0.2, 0.25) is 0 Å². The third kappa shape index (κ3) is 2.79. The molecule has 0 aromatic heterocycles. The van der Waals surface area contributed by atoms with E-state index < -0.39 is 35.8 Å². The van der Waals surface area contributed by atoms with Crippen molar-refractivity contribution in [1.29, 1.82) is 0 Å². The van der Waals surface area contributed by atoms with Crippen LogP contribution in [0.2, 0.25) is 0 Å². The number of carbonyl (C=O) groups excluding carboxylic acids is 3. The molecule has 0 aromatic rings. The molecule has 0 aromatic carbocycles. The topological polar surface area (TPSA) is 89.9 Å². The molecule has 6 nitrogen and oxygen atoms in total. The second-order valence-electron chi connectivity index (χ2n) is 3.72. The van der Waals surface area contributed by atoms with Gasteiger partial charge in [-0.3, -0.25) is 14.4 Å². The highest BCUT2D eigenvalue weighted by Crippen LogP contribution is 2.25. The number of methoxy groups -OCH3 is 1. The highest BCUT2D eigenvalue weighted by Gasteiger charge is 2.40. The molecule has 16 heavy (non-hydrogen) atoms. The van der Waals surface area contributed by atoms with Gasteiger partial charge in [-0.05, 0) is 0 Å². The lowest BCUT2D eigenvalue weighted by atomic mass is 9.84. The van der Waals surface area contributed by atoms with Gasteiger partial charge in [0.1, 0.15) is 12.2 Å². The number of carbonyl (C=O) groups is 3. The molecular weight excluding hydrogens is 216 g/mol. The minimum atomic E-state index is -1.34. The number of rotatable bonds is 2. The Morgan fingerprint density at radius 3 is 2.56 bits per heavy atom. The minimum absolute atomic E-state index is 0.0778. The third-order valence-electron chi connectivity index (χ3n) is 2.50. The van der Waals surface area contributed by atoms with Gasteiger partial charge in [-0.15, -0.1) is 0 Å². The van der Waals surface area contributed by atoms with Crippen LogP contribution < -0.4 is 0 Å². The second-order valence-corrected chi connectivity index (χ2v) is 3.72. The molecule has 0 bridgehead atoms. The van der Waals surface area contributed by atoms with Crippen LogP contribution in [0.5, 0.6) is 0 Å². The van der Waals surface area contributed by atoms with Gasteiger partial charge in [0.25, 0.3) is 0 Å². The lowest BCUT2D eigenvalue weighted by Crippen LogP contribution is -2.45. The summed E-state index contributed by atoms with van der Waals surface area (Å²) < 4.78 is 9.29. The summed E-state index contributed by atoms with van der Waals surface area (Å²) in [5, 5.41) is 9.48. The maximum Gasteiger partial charge on any atom is 0.309 e. The third-order valence-corrected chi connectivity index (χ3v) is 2.50. The average molecular weight is 230 g/mol. The first-order chi connectivity index (χ1) is 7.45. The average Bonchev–Trinajstić information content (AvgIpc) is 2.22. The Balaban J connectivity index is 2.72. The first kappa shape index (κ1) is 12.6. The van der Waals surface area contributed by atoms with Crippen molar-refractivity contribution in [2.45, 2.75) is 32.0 Å². The Labute approximate surface area is 92.5 Å². The molecule has 6 heteroatoms. The van der Waals surface area contributed by atoms with Crippen molar-refractivity contribution >= 4 is 17.7 Å². The Morgan fingerprint density at radius 1 is 1.44 bits per heavy atom. The van der Waals surface area contributed by atoms with E-state index in [1.807, 2.05) is 0 Å². The predicted octanol–water partition coefficient (Wildman–Crippen LogP) is -0.569. The summed E-state index contributed by atoms with van der Waals surface area (Å²) in [5.74, 6) is -2.28. The van der Waals surface area contributed by atoms with Gasteiger partial charge < -0.3 is 14.6 Å². The molecule has 0 aliphatic heterocycles. The Kier molecular flexibility index (Phi) is 4.00. The number of Topliss-reactive ketones (excluding diaryl/α,β-unsaturated/α-hetero) is 1. The van der Waals surface area contributed by atoms with E-state index in [4.69, 9.17) is 4.74 Å². The fraction of sp³-hybridized carbons (Fsp3) is 0.700. The minimum Gasteiger partial charge on any atom is -0.469 e. The molecule has 0 unspecified atom stereocenters. The summed E-state index contributed by atoms with van der Waals surface area (Å²) in [6.45, 7) is 1.18. The first-order valence-electron chi connectivity index (χ1n) is 4.91. The van der Waals surface area contributed by atoms with Crippen LogP contribution in [0.15, 0.2) is 0 Å². The van der Waals surface area contributed by atoms with Gasteiger partial charge in [-0.1, -0.05) is 0 Å². The van der Waals surface area contributed by atoms with Gasteiger partial charge in [-0.2, -0.15) is 0 Å². The zero-order valence-electron chi connectivity index (χ0n) is 9.13. The highest BCUT2D eigenvalue weighted by atomic mass is 16.6. The van der Waals surface area contributed by atoms with Crippen LogP contribution in [-0.2, 0) is 23.9 Å². The van der Waals surface area contributed by atoms with Crippen LogP contribution >= 0.6 is 0 Å². The van der Waals surface area contributed by atoms with Gasteiger partial charge >= 0.3 is 11.9 Å². The van der Waals surface area contributed by atoms with Crippen LogP contribution in [0.25, 0.3) is 0 Å². The summed E-state index contributed by atoms with van der Waals surface area (Å²) >= 11 is 0. The molecular formula is C10H14O6. The summed E-state index contributed by atoms with van der Waals surface area (Å²) in [5.41, 5.74) is 0. The molecule has 0 saturated heterocycles. The van der Waals surface area contributed by atoms with Crippen molar-refractivity contribution in [3.05, 3.63) is 0 Å². The van der Waals surface area contributed by atoms with Gasteiger partial charge in [0, 0.05) is 19.8 Å². The van der Waals surface area contributed by atoms with Crippen molar-refractivity contribution in [2.24, 2.45) is 5.92 Å². The zero-order chi connectivity index (χ0) is 12.3. The van der Waals surface area contributed by atoms with Crippen molar-refractivity contribution < 1.29 is 29.0 Å². The highest BCUT2D eigenvalue weighted by molar-refractivity contribution is 5.89. The monoisotopic (exact) mass is 230 g/mol. The normalized spacial score (nSPS) is 29.7. The Hall–Kier alpha value is -1.43. The molecule has 1 rings (SSSR count). The molecule has 0 amide bonds. The van der Waals surface area contributed by atoms with E-state index in [0.29, 0.717) is 0 Å². The van der Waals surface area contributed by atoms with Crippen LogP contribution in [0.4, 0.5) is 0 Å². The van der Waals surface area contributed by atoms with E-state index in [-0.39, 0.29) is 12.8 Å². The smallest absolute Gasteiger partial charge is 0.309 e. The van der Waals surface area contributed by atoms with Gasteiger partial charge in [0.05, 0.1) is 13.0 Å². The fourth-order valence-corrected chi connectivity index (χ4v) is 1.74. The summed E-state index contributed by atoms with van der Waals surface area (Å²) in [7, 11) is 1.22. The van der Waals surface area contributed by atoms with Crippen LogP contribution in [0.3, 0.4) is 0 Å². The van der Waals surface area contributed by atoms with Crippen molar-refractivity contribution in [3.63, 3.8) is 0 Å². The molecule has 1 fully saturated rings. The van der Waals surface area contributed by atoms with E-state index in [1.54, 1.807) is 0 Å². The number of ether oxygens (including phenoxy) is 2. The summed E-state index contributed by atoms with van der Waals surface area (Å²) in [4.78, 5) is 33.4. The van der Waals surface area contributed by atoms with Crippen LogP contribution in [0, 0.1) is 5.92 Å². The van der Waals surface area contributed by atoms with Gasteiger partial charge in [-0.25, -0.2) is 0 Å². The van der Waals surface area contributed by atoms with E-state index in [9.17, 15) is 19.5 Å². The largest absolute Gasteiger partial charge is 0.469 e. The number of aliphatic hydroxyl groups is 1. The van der Waals surface area contributed by atoms with E-state index >= 15 is 0 Å². The van der Waals surface area contributed by atoms with Crippen LogP contribution in [-0.4, -0.2) is 42.1 Å². The molecule has 1 aliphatic carbocycles. The SMILES string of the molecule is COC(=O)[C@@H]1CC(=O)[C@@H](O)[C@H](OC(C)=O)C1. The molecule has 0 radical (unpaired) electrons. The summed E-state index contributed by atoms with van der Waals surface area (Å²) in [6.07, 6.45) is -2.27. The number of hydrogen-bond acceptors (Lipinski definition) is 6. The number of hydrogen-bond donors (Lipinski definition) is 1. The molecule has 1 saturated carbocycles. The summed E-state index contributed by atoms with van der Waals surface area (Å²) in [6, 6.07) is 0. The maximum atomic E-state index is 11.4. The quantitative estimate of drug-likeness (QED) is 0.639. The molecule has 0 spiro atoms. The predicted molar refractivity (Wildman–Crippen MR) is 51.3 cm³/mol. The molecule has 1 N–H and O–H groups in total. The Morgan fingerprint density at radius 2 is 2.06 bits per heavy atom. The molecule has 1 aliphatic rings. The molecule has 90 valence electrons. The fourth-order valence-electron chi connectivity index (χ4n) is 1.74. The number of esters is 2. The zero-order valence-corrected chi connectivity index (χ0v) is 9.13. The maximum absolute atomic E-state index is 11.4. The van der Waals surface area contributed by atoms with E-state index in [2.05, 4.69) is 4.74 Å².